The molecule has 0 aliphatic carbocycles. The Hall–Kier alpha value is -3.70. The van der Waals surface area contributed by atoms with E-state index < -0.39 is 108 Å². The molecule has 3 fully saturated rings. The van der Waals surface area contributed by atoms with Crippen molar-refractivity contribution in [1.29, 1.82) is 0 Å². The van der Waals surface area contributed by atoms with Crippen LogP contribution < -0.4 is 0 Å². The van der Waals surface area contributed by atoms with Crippen LogP contribution in [0.4, 0.5) is 0 Å². The summed E-state index contributed by atoms with van der Waals surface area (Å²) in [7, 11) is 1.19. The molecule has 3 saturated heterocycles. The van der Waals surface area contributed by atoms with Crippen molar-refractivity contribution >= 4 is 23.9 Å². The first kappa shape index (κ1) is 50.0. The van der Waals surface area contributed by atoms with Gasteiger partial charge in [-0.1, -0.05) is 83.1 Å². The molecule has 15 heteroatoms. The number of hydrogen-bond donors (Lipinski definition) is 4. The maximum absolute atomic E-state index is 13.4. The molecule has 0 saturated carbocycles. The number of fused-ring (bicyclic) bond motifs is 6. The summed E-state index contributed by atoms with van der Waals surface area (Å²) in [5, 5.41) is 47.4. The second-order valence-electron chi connectivity index (χ2n) is 17.9. The molecule has 4 heterocycles. The molecule has 342 valence electrons. The van der Waals surface area contributed by atoms with Gasteiger partial charge in [0.1, 0.15) is 12.2 Å². The van der Waals surface area contributed by atoms with Crippen LogP contribution in [0.5, 0.6) is 0 Å². The fraction of sp³-hybridized carbons (Fsp3) is 0.696. The number of hydrogen-bond acceptors (Lipinski definition) is 15. The lowest BCUT2D eigenvalue weighted by Gasteiger charge is -2.53. The molecule has 4 rings (SSSR count). The zero-order chi connectivity index (χ0) is 45.3. The third-order valence-electron chi connectivity index (χ3n) is 12.3. The van der Waals surface area contributed by atoms with E-state index in [9.17, 15) is 39.6 Å². The summed E-state index contributed by atoms with van der Waals surface area (Å²) in [5.41, 5.74) is -1.38. The molecule has 0 aromatic heterocycles. The van der Waals surface area contributed by atoms with Gasteiger partial charge in [-0.25, -0.2) is 9.59 Å². The van der Waals surface area contributed by atoms with E-state index in [1.165, 1.54) is 33.1 Å². The van der Waals surface area contributed by atoms with E-state index in [1.54, 1.807) is 45.9 Å². The van der Waals surface area contributed by atoms with Crippen LogP contribution in [-0.2, 0) is 52.3 Å². The van der Waals surface area contributed by atoms with Crippen LogP contribution in [-0.4, -0.2) is 118 Å². The minimum Gasteiger partial charge on any atom is -0.466 e. The molecular weight excluding hydrogens is 792 g/mol. The number of carbonyl (C=O) groups is 4. The maximum atomic E-state index is 13.4. The molecule has 4 aliphatic rings. The van der Waals surface area contributed by atoms with E-state index in [2.05, 4.69) is 0 Å². The summed E-state index contributed by atoms with van der Waals surface area (Å²) in [4.78, 5) is 51.9. The Morgan fingerprint density at radius 1 is 0.951 bits per heavy atom. The van der Waals surface area contributed by atoms with Crippen molar-refractivity contribution in [3.05, 3.63) is 59.8 Å². The first-order valence-electron chi connectivity index (χ1n) is 21.4. The zero-order valence-electron chi connectivity index (χ0n) is 37.2. The van der Waals surface area contributed by atoms with E-state index in [-0.39, 0.29) is 37.7 Å². The molecule has 4 aliphatic heterocycles. The fourth-order valence-corrected chi connectivity index (χ4v) is 8.47. The summed E-state index contributed by atoms with van der Waals surface area (Å²) >= 11 is 0. The average Bonchev–Trinajstić information content (AvgIpc) is 3.16. The number of methoxy groups -OCH3 is 1. The minimum atomic E-state index is -2.38. The lowest BCUT2D eigenvalue weighted by molar-refractivity contribution is -0.348. The Kier molecular flexibility index (Phi) is 17.3. The topological polar surface area (TPSA) is 214 Å². The second kappa shape index (κ2) is 21.1. The van der Waals surface area contributed by atoms with Crippen molar-refractivity contribution < 1.29 is 72.8 Å². The Balaban J connectivity index is 1.84. The minimum absolute atomic E-state index is 0.0524. The third-order valence-corrected chi connectivity index (χ3v) is 12.3. The van der Waals surface area contributed by atoms with Gasteiger partial charge in [0, 0.05) is 50.2 Å². The van der Waals surface area contributed by atoms with Crippen molar-refractivity contribution in [2.24, 2.45) is 10.8 Å². The van der Waals surface area contributed by atoms with E-state index >= 15 is 0 Å². The summed E-state index contributed by atoms with van der Waals surface area (Å²) in [5.74, 6) is -7.32. The van der Waals surface area contributed by atoms with Gasteiger partial charge in [-0.05, 0) is 45.1 Å². The molecule has 4 N–H and O–H groups in total. The number of aliphatic hydroxyl groups excluding tert-OH is 2. The summed E-state index contributed by atoms with van der Waals surface area (Å²) < 4.78 is 41.9. The Morgan fingerprint density at radius 2 is 1.67 bits per heavy atom. The number of allylic oxidation sites excluding steroid dienone is 4. The number of cyclic esters (lactones) is 1. The Bertz CT molecular complexity index is 1710. The highest BCUT2D eigenvalue weighted by Gasteiger charge is 2.59. The zero-order valence-corrected chi connectivity index (χ0v) is 37.2. The average molecular weight is 861 g/mol. The van der Waals surface area contributed by atoms with E-state index in [0.717, 1.165) is 24.5 Å². The molecule has 0 amide bonds. The number of aliphatic hydroxyl groups is 4. The lowest BCUT2D eigenvalue weighted by Crippen LogP contribution is -2.62. The van der Waals surface area contributed by atoms with Gasteiger partial charge in [-0.3, -0.25) is 9.59 Å². The number of ether oxygens (including phenoxy) is 7. The highest BCUT2D eigenvalue weighted by atomic mass is 16.7. The fourth-order valence-electron chi connectivity index (χ4n) is 8.47. The van der Waals surface area contributed by atoms with E-state index in [0.29, 0.717) is 12.8 Å². The standard InChI is InChI=1S/C46H68O15/c1-10-12-13-14-15-16-39(50)59-42-31(22-40(51)55-9)21-34-25-37(28(3)47)58-41(52)24-32(49)23-35-26-38(56-29(4)48)44(7,8)45(53,60-35)27-36-20-30(11-2)19-33(57-36)17-18-43(5,6)46(42,54)61-34/h11,13-18,22,28,32-38,42,47,49,53-54H,10,12,19-21,23-27H2,1-9H3/t28-,32-,33+,34+,35-,36+,37-,38+,42+,45+,46-/m1/s1. The van der Waals surface area contributed by atoms with Gasteiger partial charge >= 0.3 is 23.9 Å². The van der Waals surface area contributed by atoms with Crippen molar-refractivity contribution in [3.63, 3.8) is 0 Å². The SMILES string of the molecule is CC=C1C[C@H]2C[C@]3(O)O[C@H](C[C@@H](O)CC(=O)O[C@@H]([C@@H](C)O)C[C@@H]4CC(=CC(=O)OC)[C@H](OC(=O)C=CC=CCCC)[C@@](O)(O4)C(C)(C)C=C[C@@H](C1)O2)C[C@H](OC(C)=O)C3(C)C. The van der Waals surface area contributed by atoms with Crippen molar-refractivity contribution in [2.75, 3.05) is 7.11 Å². The van der Waals surface area contributed by atoms with Crippen LogP contribution in [0, 0.1) is 10.8 Å². The molecule has 15 nitrogen and oxygen atoms in total. The monoisotopic (exact) mass is 860 g/mol. The smallest absolute Gasteiger partial charge is 0.331 e. The number of esters is 4. The predicted molar refractivity (Wildman–Crippen MR) is 222 cm³/mol. The van der Waals surface area contributed by atoms with Crippen LogP contribution in [0.25, 0.3) is 0 Å². The van der Waals surface area contributed by atoms with Crippen LogP contribution >= 0.6 is 0 Å². The van der Waals surface area contributed by atoms with Gasteiger partial charge in [0.05, 0.1) is 55.6 Å². The first-order chi connectivity index (χ1) is 28.6. The molecule has 0 aromatic carbocycles. The Morgan fingerprint density at radius 3 is 2.31 bits per heavy atom. The number of unbranched alkanes of at least 4 members (excludes halogenated alkanes) is 1. The molecule has 0 unspecified atom stereocenters. The largest absolute Gasteiger partial charge is 0.466 e. The summed E-state index contributed by atoms with van der Waals surface area (Å²) in [6, 6.07) is 0. The van der Waals surface area contributed by atoms with Crippen LogP contribution in [0.1, 0.15) is 120 Å². The van der Waals surface area contributed by atoms with Gasteiger partial charge in [0.2, 0.25) is 5.79 Å². The van der Waals surface area contributed by atoms with Gasteiger partial charge in [-0.2, -0.15) is 0 Å². The van der Waals surface area contributed by atoms with Gasteiger partial charge in [0.25, 0.3) is 0 Å². The maximum Gasteiger partial charge on any atom is 0.331 e. The molecule has 0 spiro atoms. The third kappa shape index (κ3) is 12.7. The molecule has 61 heavy (non-hydrogen) atoms. The highest BCUT2D eigenvalue weighted by Crippen LogP contribution is 2.50. The van der Waals surface area contributed by atoms with Crippen LogP contribution in [0.2, 0.25) is 0 Å². The van der Waals surface area contributed by atoms with E-state index in [4.69, 9.17) is 33.2 Å². The highest BCUT2D eigenvalue weighted by molar-refractivity contribution is 5.84. The van der Waals surface area contributed by atoms with Gasteiger partial charge in [0.15, 0.2) is 11.9 Å². The molecule has 0 aromatic rings. The normalized spacial score (nSPS) is 36.6. The summed E-state index contributed by atoms with van der Waals surface area (Å²) in [6.45, 7) is 13.4. The molecule has 6 bridgehead atoms. The van der Waals surface area contributed by atoms with Crippen LogP contribution in [0.3, 0.4) is 0 Å². The number of rotatable bonds is 8. The molecule has 11 atom stereocenters. The van der Waals surface area contributed by atoms with Crippen molar-refractivity contribution in [1.82, 2.24) is 0 Å². The number of carbonyl (C=O) groups excluding carboxylic acids is 4. The Labute approximate surface area is 359 Å². The quantitative estimate of drug-likeness (QED) is 0.0819. The summed E-state index contributed by atoms with van der Waals surface area (Å²) in [6.07, 6.45) is 5.44. The van der Waals surface area contributed by atoms with Gasteiger partial charge < -0.3 is 53.6 Å². The van der Waals surface area contributed by atoms with Crippen molar-refractivity contribution in [2.45, 2.75) is 186 Å². The van der Waals surface area contributed by atoms with Crippen LogP contribution in [0.15, 0.2) is 59.8 Å². The van der Waals surface area contributed by atoms with E-state index in [1.807, 2.05) is 26.0 Å². The molecular formula is C46H68O15. The van der Waals surface area contributed by atoms with Crippen molar-refractivity contribution in [3.8, 4) is 0 Å². The molecule has 0 radical (unpaired) electrons. The first-order valence-corrected chi connectivity index (χ1v) is 21.4. The van der Waals surface area contributed by atoms with Gasteiger partial charge in [-0.15, -0.1) is 0 Å². The predicted octanol–water partition coefficient (Wildman–Crippen LogP) is 5.13. The lowest BCUT2D eigenvalue weighted by atomic mass is 9.70. The second-order valence-corrected chi connectivity index (χ2v) is 17.9.